The lowest BCUT2D eigenvalue weighted by Crippen LogP contribution is -2.38. The van der Waals surface area contributed by atoms with Crippen molar-refractivity contribution in [2.24, 2.45) is 5.92 Å². The number of rotatable bonds is 3. The zero-order chi connectivity index (χ0) is 11.5. The van der Waals surface area contributed by atoms with Crippen molar-refractivity contribution in [3.8, 4) is 0 Å². The molecule has 1 heterocycles. The van der Waals surface area contributed by atoms with Gasteiger partial charge in [-0.1, -0.05) is 25.1 Å². The van der Waals surface area contributed by atoms with Gasteiger partial charge in [-0.3, -0.25) is 4.79 Å². The maximum atomic E-state index is 11.9. The number of nitrogens with zero attached hydrogens (tertiary/aromatic N) is 1. The summed E-state index contributed by atoms with van der Waals surface area (Å²) in [5, 5.41) is 9.06. The van der Waals surface area contributed by atoms with Crippen LogP contribution in [0, 0.1) is 5.92 Å². The first kappa shape index (κ1) is 11.1. The summed E-state index contributed by atoms with van der Waals surface area (Å²) < 4.78 is 0. The van der Waals surface area contributed by atoms with E-state index >= 15 is 0 Å². The van der Waals surface area contributed by atoms with Crippen molar-refractivity contribution in [2.75, 3.05) is 18.1 Å². The summed E-state index contributed by atoms with van der Waals surface area (Å²) in [6.07, 6.45) is 1.41. The number of fused-ring (bicyclic) bond motifs is 1. The lowest BCUT2D eigenvalue weighted by Gasteiger charge is -2.31. The highest BCUT2D eigenvalue weighted by molar-refractivity contribution is 5.96. The van der Waals surface area contributed by atoms with Gasteiger partial charge in [0.05, 0.1) is 0 Å². The minimum absolute atomic E-state index is 0.117. The van der Waals surface area contributed by atoms with E-state index in [0.29, 0.717) is 13.0 Å². The molecule has 0 saturated heterocycles. The number of aryl methyl sites for hydroxylation is 1. The third-order valence-electron chi connectivity index (χ3n) is 3.00. The van der Waals surface area contributed by atoms with E-state index in [1.54, 1.807) is 4.90 Å². The van der Waals surface area contributed by atoms with Gasteiger partial charge in [0.1, 0.15) is 0 Å². The van der Waals surface area contributed by atoms with Crippen LogP contribution >= 0.6 is 0 Å². The Bertz CT molecular complexity index is 389. The molecule has 1 N–H and O–H groups in total. The molecule has 0 aliphatic carbocycles. The molecule has 1 unspecified atom stereocenters. The summed E-state index contributed by atoms with van der Waals surface area (Å²) in [4.78, 5) is 13.7. The number of para-hydroxylation sites is 1. The summed E-state index contributed by atoms with van der Waals surface area (Å²) >= 11 is 0. The Hall–Kier alpha value is -1.35. The molecule has 1 aromatic rings. The number of benzene rings is 1. The van der Waals surface area contributed by atoms with Crippen molar-refractivity contribution < 1.29 is 9.90 Å². The van der Waals surface area contributed by atoms with Crippen LogP contribution < -0.4 is 4.90 Å². The molecular weight excluding hydrogens is 202 g/mol. The molecule has 1 aromatic carbocycles. The van der Waals surface area contributed by atoms with Crippen LogP contribution in [0.2, 0.25) is 0 Å². The number of hydrogen-bond donors (Lipinski definition) is 1. The molecule has 1 aliphatic heterocycles. The maximum absolute atomic E-state index is 11.9. The smallest absolute Gasteiger partial charge is 0.227 e. The molecule has 0 saturated carbocycles. The molecule has 3 nitrogen and oxygen atoms in total. The van der Waals surface area contributed by atoms with Crippen LogP contribution in [-0.4, -0.2) is 24.2 Å². The van der Waals surface area contributed by atoms with E-state index in [-0.39, 0.29) is 18.4 Å². The topological polar surface area (TPSA) is 40.5 Å². The Kier molecular flexibility index (Phi) is 3.25. The average molecular weight is 219 g/mol. The van der Waals surface area contributed by atoms with Gasteiger partial charge in [-0.05, 0) is 24.0 Å². The summed E-state index contributed by atoms with van der Waals surface area (Å²) in [6, 6.07) is 8.01. The summed E-state index contributed by atoms with van der Waals surface area (Å²) in [7, 11) is 0. The number of carbonyl (C=O) groups excluding carboxylic acids is 1. The van der Waals surface area contributed by atoms with E-state index < -0.39 is 0 Å². The van der Waals surface area contributed by atoms with Gasteiger partial charge in [0.15, 0.2) is 0 Å². The molecule has 0 fully saturated rings. The van der Waals surface area contributed by atoms with Gasteiger partial charge in [-0.15, -0.1) is 0 Å². The zero-order valence-corrected chi connectivity index (χ0v) is 9.52. The van der Waals surface area contributed by atoms with Gasteiger partial charge in [0.2, 0.25) is 5.91 Å². The Morgan fingerprint density at radius 2 is 2.12 bits per heavy atom. The number of amides is 1. The van der Waals surface area contributed by atoms with Gasteiger partial charge in [0.25, 0.3) is 0 Å². The molecular formula is C13H17NO2. The zero-order valence-electron chi connectivity index (χ0n) is 9.52. The van der Waals surface area contributed by atoms with E-state index in [4.69, 9.17) is 5.11 Å². The highest BCUT2D eigenvalue weighted by Gasteiger charge is 2.24. The third kappa shape index (κ3) is 2.09. The second-order valence-corrected chi connectivity index (χ2v) is 4.42. The van der Waals surface area contributed by atoms with Crippen LogP contribution in [0.3, 0.4) is 0 Å². The van der Waals surface area contributed by atoms with Crippen LogP contribution in [0.15, 0.2) is 24.3 Å². The van der Waals surface area contributed by atoms with E-state index in [1.807, 2.05) is 25.1 Å². The standard InChI is InChI=1S/C13H17NO2/c1-10(9-15)8-14-12-5-3-2-4-11(12)6-7-13(14)16/h2-5,10,15H,6-9H2,1H3. The predicted octanol–water partition coefficient (Wildman–Crippen LogP) is 1.59. The molecule has 0 radical (unpaired) electrons. The SMILES string of the molecule is CC(CO)CN1C(=O)CCc2ccccc21. The summed E-state index contributed by atoms with van der Waals surface area (Å²) in [6.45, 7) is 2.67. The van der Waals surface area contributed by atoms with Crippen LogP contribution in [0.4, 0.5) is 5.69 Å². The quantitative estimate of drug-likeness (QED) is 0.838. The number of aliphatic hydroxyl groups is 1. The minimum Gasteiger partial charge on any atom is -0.396 e. The highest BCUT2D eigenvalue weighted by Crippen LogP contribution is 2.27. The van der Waals surface area contributed by atoms with Gasteiger partial charge < -0.3 is 10.0 Å². The molecule has 0 spiro atoms. The first-order valence-electron chi connectivity index (χ1n) is 5.71. The van der Waals surface area contributed by atoms with Crippen LogP contribution in [0.1, 0.15) is 18.9 Å². The molecule has 1 aliphatic rings. The fourth-order valence-electron chi connectivity index (χ4n) is 2.07. The number of aliphatic hydroxyl groups excluding tert-OH is 1. The van der Waals surface area contributed by atoms with Gasteiger partial charge in [-0.25, -0.2) is 0 Å². The first-order chi connectivity index (χ1) is 7.72. The predicted molar refractivity (Wildman–Crippen MR) is 63.4 cm³/mol. The van der Waals surface area contributed by atoms with Crippen molar-refractivity contribution in [2.45, 2.75) is 19.8 Å². The van der Waals surface area contributed by atoms with Gasteiger partial charge >= 0.3 is 0 Å². The Labute approximate surface area is 95.7 Å². The van der Waals surface area contributed by atoms with E-state index in [1.165, 1.54) is 5.56 Å². The lowest BCUT2D eigenvalue weighted by molar-refractivity contribution is -0.119. The summed E-state index contributed by atoms with van der Waals surface area (Å²) in [5.74, 6) is 0.286. The number of carbonyl (C=O) groups is 1. The van der Waals surface area contributed by atoms with Crippen molar-refractivity contribution in [1.82, 2.24) is 0 Å². The lowest BCUT2D eigenvalue weighted by atomic mass is 10.00. The monoisotopic (exact) mass is 219 g/mol. The molecule has 1 atom stereocenters. The van der Waals surface area contributed by atoms with Crippen molar-refractivity contribution >= 4 is 11.6 Å². The normalized spacial score (nSPS) is 17.1. The summed E-state index contributed by atoms with van der Waals surface area (Å²) in [5.41, 5.74) is 2.24. The molecule has 0 aromatic heterocycles. The second-order valence-electron chi connectivity index (χ2n) is 4.42. The molecule has 16 heavy (non-hydrogen) atoms. The molecule has 3 heteroatoms. The van der Waals surface area contributed by atoms with E-state index in [9.17, 15) is 4.79 Å². The molecule has 0 bridgehead atoms. The average Bonchev–Trinajstić information content (AvgIpc) is 2.32. The fraction of sp³-hybridized carbons (Fsp3) is 0.462. The maximum Gasteiger partial charge on any atom is 0.227 e. The van der Waals surface area contributed by atoms with E-state index in [2.05, 4.69) is 6.07 Å². The van der Waals surface area contributed by atoms with E-state index in [0.717, 1.165) is 12.1 Å². The fourth-order valence-corrected chi connectivity index (χ4v) is 2.07. The third-order valence-corrected chi connectivity index (χ3v) is 3.00. The van der Waals surface area contributed by atoms with Crippen LogP contribution in [0.25, 0.3) is 0 Å². The highest BCUT2D eigenvalue weighted by atomic mass is 16.3. The Morgan fingerprint density at radius 1 is 1.38 bits per heavy atom. The molecule has 1 amide bonds. The van der Waals surface area contributed by atoms with Crippen LogP contribution in [-0.2, 0) is 11.2 Å². The van der Waals surface area contributed by atoms with Crippen molar-refractivity contribution in [3.05, 3.63) is 29.8 Å². The van der Waals surface area contributed by atoms with Crippen LogP contribution in [0.5, 0.6) is 0 Å². The molecule has 2 rings (SSSR count). The number of hydrogen-bond acceptors (Lipinski definition) is 2. The Balaban J connectivity index is 2.26. The van der Waals surface area contributed by atoms with Crippen molar-refractivity contribution in [3.63, 3.8) is 0 Å². The Morgan fingerprint density at radius 3 is 2.88 bits per heavy atom. The van der Waals surface area contributed by atoms with Crippen molar-refractivity contribution in [1.29, 1.82) is 0 Å². The largest absolute Gasteiger partial charge is 0.396 e. The second kappa shape index (κ2) is 4.66. The minimum atomic E-state index is 0.117. The first-order valence-corrected chi connectivity index (χ1v) is 5.71. The van der Waals surface area contributed by atoms with Gasteiger partial charge in [-0.2, -0.15) is 0 Å². The number of anilines is 1. The molecule has 86 valence electrons. The van der Waals surface area contributed by atoms with Gasteiger partial charge in [0, 0.05) is 25.3 Å².